The van der Waals surface area contributed by atoms with Gasteiger partial charge in [-0.05, 0) is 64.4 Å². The number of nitrogens with zero attached hydrogens (tertiary/aromatic N) is 1. The number of aryl methyl sites for hydroxylation is 2. The molecule has 2 aliphatic rings. The largest absolute Gasteiger partial charge is 0.373 e. The van der Waals surface area contributed by atoms with Crippen molar-refractivity contribution in [2.75, 3.05) is 0 Å². The van der Waals surface area contributed by atoms with Crippen molar-refractivity contribution in [3.8, 4) is 0 Å². The minimum Gasteiger partial charge on any atom is -0.373 e. The van der Waals surface area contributed by atoms with E-state index in [1.165, 1.54) is 53.5 Å². The summed E-state index contributed by atoms with van der Waals surface area (Å²) in [4.78, 5) is 4.44. The average molecular weight is 316 g/mol. The van der Waals surface area contributed by atoms with Gasteiger partial charge in [-0.2, -0.15) is 5.10 Å². The van der Waals surface area contributed by atoms with Crippen molar-refractivity contribution in [2.24, 2.45) is 5.10 Å². The second-order valence-corrected chi connectivity index (χ2v) is 6.11. The highest BCUT2D eigenvalue weighted by molar-refractivity contribution is 6.08. The predicted molar refractivity (Wildman–Crippen MR) is 99.9 cm³/mol. The summed E-state index contributed by atoms with van der Waals surface area (Å²) in [5.74, 6) is 0. The summed E-state index contributed by atoms with van der Waals surface area (Å²) in [6, 6.07) is 18.0. The summed E-state index contributed by atoms with van der Waals surface area (Å²) in [7, 11) is 0. The fraction of sp³-hybridized carbons (Fsp3) is 0.190. The molecule has 1 N–H and O–H groups in total. The molecule has 3 heteroatoms. The Morgan fingerprint density at radius 1 is 0.833 bits per heavy atom. The zero-order valence-corrected chi connectivity index (χ0v) is 13.5. The van der Waals surface area contributed by atoms with E-state index in [0.29, 0.717) is 0 Å². The summed E-state index contributed by atoms with van der Waals surface area (Å²) in [5, 5.41) is 9.14. The summed E-state index contributed by atoms with van der Waals surface area (Å²) in [5.41, 5.74) is 5.44. The molecular weight excluding hydrogens is 296 g/mol. The quantitative estimate of drug-likeness (QED) is 0.599. The summed E-state index contributed by atoms with van der Waals surface area (Å²) in [6.07, 6.45) is 10.0. The molecule has 0 saturated carbocycles. The first-order valence-corrected chi connectivity index (χ1v) is 8.44. The Morgan fingerprint density at radius 2 is 1.71 bits per heavy atom. The highest BCUT2D eigenvalue weighted by Crippen LogP contribution is 2.33. The van der Waals surface area contributed by atoms with Gasteiger partial charge in [-0.3, -0.25) is 0 Å². The van der Waals surface area contributed by atoms with Crippen LogP contribution in [0, 0.1) is 0 Å². The Kier molecular flexibility index (Phi) is 4.15. The molecule has 0 atom stereocenters. The lowest BCUT2D eigenvalue weighted by molar-refractivity contribution is 0.136. The van der Waals surface area contributed by atoms with Gasteiger partial charge in [0.15, 0.2) is 0 Å². The third-order valence-electron chi connectivity index (χ3n) is 4.67. The molecule has 3 aromatic carbocycles. The van der Waals surface area contributed by atoms with Crippen LogP contribution in [-0.4, -0.2) is 6.21 Å². The zero-order chi connectivity index (χ0) is 16.2. The molecule has 1 aliphatic carbocycles. The molecule has 0 bridgehead atoms. The van der Waals surface area contributed by atoms with Gasteiger partial charge in [-0.1, -0.05) is 48.5 Å². The molecule has 0 unspecified atom stereocenters. The molecule has 0 fully saturated rings. The molecule has 1 aliphatic heterocycles. The Bertz CT molecular complexity index is 916. The number of allylic oxidation sites excluding steroid dienone is 1. The molecule has 0 spiro atoms. The van der Waals surface area contributed by atoms with Gasteiger partial charge in [-0.25, -0.2) is 0 Å². The van der Waals surface area contributed by atoms with Crippen molar-refractivity contribution >= 4 is 27.8 Å². The normalized spacial score (nSPS) is 15.2. The van der Waals surface area contributed by atoms with E-state index in [4.69, 9.17) is 0 Å². The Labute approximate surface area is 141 Å². The maximum absolute atomic E-state index is 4.44. The first-order valence-electron chi connectivity index (χ1n) is 8.44. The molecule has 24 heavy (non-hydrogen) atoms. The van der Waals surface area contributed by atoms with E-state index in [1.54, 1.807) is 23.4 Å². The average Bonchev–Trinajstić information content (AvgIpc) is 2.69. The van der Waals surface area contributed by atoms with Crippen LogP contribution >= 0.6 is 0 Å². The van der Waals surface area contributed by atoms with Crippen molar-refractivity contribution in [1.82, 2.24) is 5.59 Å². The van der Waals surface area contributed by atoms with Crippen LogP contribution in [0.4, 0.5) is 0 Å². The number of hydrogen-bond acceptors (Lipinski definition) is 3. The number of rotatable bonds is 0. The number of hydrogen-bond donors (Lipinski definition) is 1. The van der Waals surface area contributed by atoms with Gasteiger partial charge in [0.2, 0.25) is 0 Å². The predicted octanol–water partition coefficient (Wildman–Crippen LogP) is 4.89. The first kappa shape index (κ1) is 14.8. The van der Waals surface area contributed by atoms with Crippen molar-refractivity contribution in [3.05, 3.63) is 72.0 Å². The van der Waals surface area contributed by atoms with E-state index >= 15 is 0 Å². The van der Waals surface area contributed by atoms with Crippen molar-refractivity contribution in [1.29, 1.82) is 0 Å². The third kappa shape index (κ3) is 2.85. The van der Waals surface area contributed by atoms with E-state index in [-0.39, 0.29) is 0 Å². The summed E-state index contributed by atoms with van der Waals surface area (Å²) < 4.78 is 0. The Morgan fingerprint density at radius 3 is 2.50 bits per heavy atom. The minimum atomic E-state index is 1.25. The molecule has 3 nitrogen and oxygen atoms in total. The first-order chi connectivity index (χ1) is 11.9. The monoisotopic (exact) mass is 316 g/mol. The molecule has 0 amide bonds. The fourth-order valence-corrected chi connectivity index (χ4v) is 3.55. The standard InChI is InChI=1S/C18H16.C3H4N2O/c1-3-7-15-13(5-1)9-11-18-16-8-4-2-6-14(16)10-12-17(15)18;1-2-4-5-6-3-1/h1,3,5,7,9-12H,2,4,6,8H2;1-3,5H. The summed E-state index contributed by atoms with van der Waals surface area (Å²) in [6.45, 7) is 0. The lowest BCUT2D eigenvalue weighted by atomic mass is 9.86. The van der Waals surface area contributed by atoms with Gasteiger partial charge >= 0.3 is 0 Å². The Balaban J connectivity index is 0.000000207. The number of fused-ring (bicyclic) bond motifs is 5. The van der Waals surface area contributed by atoms with E-state index in [0.717, 1.165) is 0 Å². The SMILES string of the molecule is C1=CONN=C1.c1ccc2c(c1)ccc1c3c(ccc12)CCCC3. The molecule has 3 aromatic rings. The van der Waals surface area contributed by atoms with Crippen molar-refractivity contribution < 1.29 is 4.84 Å². The highest BCUT2D eigenvalue weighted by atomic mass is 16.7. The van der Waals surface area contributed by atoms with Crippen LogP contribution in [0.15, 0.2) is 66.0 Å². The van der Waals surface area contributed by atoms with Gasteiger partial charge in [0.05, 0.1) is 6.21 Å². The van der Waals surface area contributed by atoms with Crippen LogP contribution < -0.4 is 5.59 Å². The molecule has 0 radical (unpaired) electrons. The van der Waals surface area contributed by atoms with Crippen molar-refractivity contribution in [3.63, 3.8) is 0 Å². The molecule has 0 aromatic heterocycles. The zero-order valence-electron chi connectivity index (χ0n) is 13.5. The highest BCUT2D eigenvalue weighted by Gasteiger charge is 2.13. The Hall–Kier alpha value is -2.81. The van der Waals surface area contributed by atoms with Gasteiger partial charge < -0.3 is 4.84 Å². The second kappa shape index (κ2) is 6.75. The number of nitrogens with one attached hydrogen (secondary N) is 1. The van der Waals surface area contributed by atoms with Crippen LogP contribution in [0.25, 0.3) is 21.5 Å². The van der Waals surface area contributed by atoms with Gasteiger partial charge in [0, 0.05) is 0 Å². The second-order valence-electron chi connectivity index (χ2n) is 6.11. The van der Waals surface area contributed by atoms with E-state index < -0.39 is 0 Å². The molecule has 5 rings (SSSR count). The van der Waals surface area contributed by atoms with Crippen LogP contribution in [0.3, 0.4) is 0 Å². The fourth-order valence-electron chi connectivity index (χ4n) is 3.55. The van der Waals surface area contributed by atoms with E-state index in [1.807, 2.05) is 0 Å². The maximum atomic E-state index is 4.44. The van der Waals surface area contributed by atoms with Crippen LogP contribution in [0.5, 0.6) is 0 Å². The number of hydrazone groups is 1. The van der Waals surface area contributed by atoms with Gasteiger partial charge in [0.1, 0.15) is 6.26 Å². The maximum Gasteiger partial charge on any atom is 0.122 e. The van der Waals surface area contributed by atoms with Crippen molar-refractivity contribution in [2.45, 2.75) is 25.7 Å². The van der Waals surface area contributed by atoms with Crippen LogP contribution in [0.1, 0.15) is 24.0 Å². The van der Waals surface area contributed by atoms with Crippen LogP contribution in [-0.2, 0) is 17.7 Å². The van der Waals surface area contributed by atoms with Gasteiger partial charge in [0.25, 0.3) is 0 Å². The van der Waals surface area contributed by atoms with E-state index in [9.17, 15) is 0 Å². The van der Waals surface area contributed by atoms with Gasteiger partial charge in [-0.15, -0.1) is 5.59 Å². The number of benzene rings is 3. The van der Waals surface area contributed by atoms with Crippen LogP contribution in [0.2, 0.25) is 0 Å². The summed E-state index contributed by atoms with van der Waals surface area (Å²) >= 11 is 0. The molecule has 0 saturated heterocycles. The third-order valence-corrected chi connectivity index (χ3v) is 4.67. The minimum absolute atomic E-state index is 1.25. The lowest BCUT2D eigenvalue weighted by Crippen LogP contribution is -2.03. The lowest BCUT2D eigenvalue weighted by Gasteiger charge is -2.18. The smallest absolute Gasteiger partial charge is 0.122 e. The van der Waals surface area contributed by atoms with E-state index in [2.05, 4.69) is 64.1 Å². The molecular formula is C21H20N2O. The molecule has 120 valence electrons. The molecule has 1 heterocycles. The topological polar surface area (TPSA) is 33.6 Å².